The minimum absolute atomic E-state index is 0.0777. The van der Waals surface area contributed by atoms with Gasteiger partial charge in [-0.3, -0.25) is 4.79 Å². The first-order valence-electron chi connectivity index (χ1n) is 7.30. The lowest BCUT2D eigenvalue weighted by Crippen LogP contribution is -2.26. The number of nitrogens with one attached hydrogen (secondary N) is 1. The van der Waals surface area contributed by atoms with Crippen molar-refractivity contribution in [3.8, 4) is 0 Å². The van der Waals surface area contributed by atoms with Crippen molar-refractivity contribution >= 4 is 28.6 Å². The van der Waals surface area contributed by atoms with Gasteiger partial charge < -0.3 is 14.9 Å². The molecule has 0 saturated heterocycles. The molecule has 0 saturated carbocycles. The number of carbonyl (C=O) groups is 2. The minimum atomic E-state index is -1.08. The van der Waals surface area contributed by atoms with Crippen LogP contribution in [-0.4, -0.2) is 40.8 Å². The third-order valence-electron chi connectivity index (χ3n) is 3.36. The number of esters is 1. The summed E-state index contributed by atoms with van der Waals surface area (Å²) in [4.78, 5) is 29.7. The molecule has 10 heteroatoms. The predicted octanol–water partition coefficient (Wildman–Crippen LogP) is 1.56. The Bertz CT molecular complexity index is 990. The molecule has 3 aromatic rings. The normalized spacial score (nSPS) is 10.6. The van der Waals surface area contributed by atoms with Crippen molar-refractivity contribution in [2.75, 3.05) is 19.0 Å². The number of halogens is 2. The molecule has 0 aliphatic rings. The van der Waals surface area contributed by atoms with Crippen LogP contribution < -0.4 is 10.2 Å². The van der Waals surface area contributed by atoms with Crippen LogP contribution >= 0.6 is 0 Å². The Morgan fingerprint density at radius 2 is 1.96 bits per heavy atom. The Kier molecular flexibility index (Phi) is 4.74. The number of fused-ring (bicyclic) bond motifs is 1. The highest BCUT2D eigenvalue weighted by atomic mass is 19.2. The lowest BCUT2D eigenvalue weighted by molar-refractivity contribution is -0.121. The van der Waals surface area contributed by atoms with Gasteiger partial charge in [0.15, 0.2) is 18.2 Å². The minimum Gasteiger partial charge on any atom is -0.465 e. The molecule has 1 amide bonds. The summed E-state index contributed by atoms with van der Waals surface area (Å²) in [7, 11) is 1.25. The Morgan fingerprint density at radius 3 is 2.69 bits per heavy atom. The number of methoxy groups -OCH3 is 1. The van der Waals surface area contributed by atoms with Crippen LogP contribution in [0.3, 0.4) is 0 Å². The summed E-state index contributed by atoms with van der Waals surface area (Å²) in [6.07, 6.45) is 0. The second kappa shape index (κ2) is 7.13. The average Bonchev–Trinajstić information content (AvgIpc) is 3.04. The van der Waals surface area contributed by atoms with Gasteiger partial charge in [-0.25, -0.2) is 13.6 Å². The van der Waals surface area contributed by atoms with Gasteiger partial charge >= 0.3 is 5.97 Å². The number of ether oxygens (including phenoxy) is 1. The van der Waals surface area contributed by atoms with Gasteiger partial charge in [-0.05, 0) is 35.5 Å². The van der Waals surface area contributed by atoms with Gasteiger partial charge in [0.2, 0.25) is 0 Å². The monoisotopic (exact) mass is 362 g/mol. The first-order valence-corrected chi connectivity index (χ1v) is 7.30. The van der Waals surface area contributed by atoms with Crippen LogP contribution in [0.15, 0.2) is 36.4 Å². The van der Waals surface area contributed by atoms with Crippen molar-refractivity contribution in [3.63, 3.8) is 0 Å². The van der Waals surface area contributed by atoms with E-state index in [0.29, 0.717) is 11.0 Å². The van der Waals surface area contributed by atoms with Crippen LogP contribution in [-0.2, 0) is 9.53 Å². The molecule has 1 heterocycles. The molecule has 0 unspecified atom stereocenters. The largest absolute Gasteiger partial charge is 0.465 e. The maximum atomic E-state index is 13.1. The number of carbonyl (C=O) groups excluding carboxylic acids is 2. The van der Waals surface area contributed by atoms with E-state index in [4.69, 9.17) is 4.84 Å². The van der Waals surface area contributed by atoms with Crippen LogP contribution in [0.25, 0.3) is 11.0 Å². The third kappa shape index (κ3) is 3.58. The summed E-state index contributed by atoms with van der Waals surface area (Å²) in [5, 5.41) is 9.92. The van der Waals surface area contributed by atoms with Gasteiger partial charge in [-0.2, -0.15) is 0 Å². The molecule has 0 bridgehead atoms. The highest BCUT2D eigenvalue weighted by Crippen LogP contribution is 2.14. The van der Waals surface area contributed by atoms with E-state index < -0.39 is 30.1 Å². The number of amides is 1. The standard InChI is InChI=1S/C16H12F2N4O4/c1-25-16(24)9-2-5-13-14(6-9)22(21-20-13)26-8-15(23)19-10-3-4-11(17)12(18)7-10/h2-7H,8H2,1H3,(H,19,23). The summed E-state index contributed by atoms with van der Waals surface area (Å²) >= 11 is 0. The molecular weight excluding hydrogens is 350 g/mol. The van der Waals surface area contributed by atoms with Crippen molar-refractivity contribution in [3.05, 3.63) is 53.6 Å². The highest BCUT2D eigenvalue weighted by molar-refractivity contribution is 5.93. The Morgan fingerprint density at radius 1 is 1.15 bits per heavy atom. The van der Waals surface area contributed by atoms with Gasteiger partial charge in [0.1, 0.15) is 11.0 Å². The summed E-state index contributed by atoms with van der Waals surface area (Å²) in [6.45, 7) is -0.472. The maximum absolute atomic E-state index is 13.1. The predicted molar refractivity (Wildman–Crippen MR) is 85.3 cm³/mol. The summed E-state index contributed by atoms with van der Waals surface area (Å²) in [5.41, 5.74) is 1.14. The molecule has 1 N–H and O–H groups in total. The number of hydrogen-bond acceptors (Lipinski definition) is 6. The zero-order chi connectivity index (χ0) is 18.7. The number of anilines is 1. The SMILES string of the molecule is COC(=O)c1ccc2nnn(OCC(=O)Nc3ccc(F)c(F)c3)c2c1. The fraction of sp³-hybridized carbons (Fsp3) is 0.125. The van der Waals surface area contributed by atoms with E-state index in [1.807, 2.05) is 0 Å². The van der Waals surface area contributed by atoms with Crippen molar-refractivity contribution in [1.29, 1.82) is 0 Å². The molecule has 0 aliphatic heterocycles. The molecular formula is C16H12F2N4O4. The maximum Gasteiger partial charge on any atom is 0.337 e. The molecule has 26 heavy (non-hydrogen) atoms. The van der Waals surface area contributed by atoms with Crippen molar-refractivity contribution in [2.24, 2.45) is 0 Å². The Hall–Kier alpha value is -3.56. The van der Waals surface area contributed by atoms with Crippen molar-refractivity contribution in [1.82, 2.24) is 15.2 Å². The molecule has 0 atom stereocenters. The van der Waals surface area contributed by atoms with Gasteiger partial charge in [-0.15, -0.1) is 5.10 Å². The van der Waals surface area contributed by atoms with Crippen molar-refractivity contribution < 1.29 is 27.9 Å². The summed E-state index contributed by atoms with van der Waals surface area (Å²) in [5.74, 6) is -3.27. The fourth-order valence-corrected chi connectivity index (χ4v) is 2.13. The van der Waals surface area contributed by atoms with E-state index in [1.165, 1.54) is 25.3 Å². The van der Waals surface area contributed by atoms with Gasteiger partial charge in [0, 0.05) is 11.8 Å². The van der Waals surface area contributed by atoms with E-state index >= 15 is 0 Å². The molecule has 0 spiro atoms. The third-order valence-corrected chi connectivity index (χ3v) is 3.36. The van der Waals surface area contributed by atoms with Crippen LogP contribution in [0.4, 0.5) is 14.5 Å². The quantitative estimate of drug-likeness (QED) is 0.692. The van der Waals surface area contributed by atoms with E-state index in [0.717, 1.165) is 17.0 Å². The smallest absolute Gasteiger partial charge is 0.337 e. The molecule has 0 radical (unpaired) electrons. The lowest BCUT2D eigenvalue weighted by Gasteiger charge is -2.07. The zero-order valence-corrected chi connectivity index (χ0v) is 13.4. The van der Waals surface area contributed by atoms with Crippen molar-refractivity contribution in [2.45, 2.75) is 0 Å². The van der Waals surface area contributed by atoms with Gasteiger partial charge in [-0.1, -0.05) is 4.85 Å². The number of nitrogens with zero attached hydrogens (tertiary/aromatic N) is 3. The van der Waals surface area contributed by atoms with Crippen LogP contribution in [0.1, 0.15) is 10.4 Å². The van der Waals surface area contributed by atoms with E-state index in [2.05, 4.69) is 20.4 Å². The zero-order valence-electron chi connectivity index (χ0n) is 13.4. The van der Waals surface area contributed by atoms with Crippen LogP contribution in [0.2, 0.25) is 0 Å². The molecule has 134 valence electrons. The summed E-state index contributed by atoms with van der Waals surface area (Å²) in [6, 6.07) is 7.48. The number of hydrogen-bond donors (Lipinski definition) is 1. The molecule has 3 rings (SSSR count). The number of aromatic nitrogens is 3. The second-order valence-electron chi connectivity index (χ2n) is 5.11. The lowest BCUT2D eigenvalue weighted by atomic mass is 10.2. The molecule has 0 fully saturated rings. The van der Waals surface area contributed by atoms with Crippen LogP contribution in [0.5, 0.6) is 0 Å². The second-order valence-corrected chi connectivity index (χ2v) is 5.11. The van der Waals surface area contributed by atoms with Crippen LogP contribution in [0, 0.1) is 11.6 Å². The van der Waals surface area contributed by atoms with E-state index in [-0.39, 0.29) is 11.3 Å². The van der Waals surface area contributed by atoms with Gasteiger partial charge in [0.25, 0.3) is 5.91 Å². The first kappa shape index (κ1) is 17.3. The molecule has 1 aromatic heterocycles. The molecule has 8 nitrogen and oxygen atoms in total. The molecule has 0 aliphatic carbocycles. The van der Waals surface area contributed by atoms with Gasteiger partial charge in [0.05, 0.1) is 12.7 Å². The Balaban J connectivity index is 1.69. The van der Waals surface area contributed by atoms with E-state index in [1.54, 1.807) is 6.07 Å². The first-order chi connectivity index (χ1) is 12.5. The average molecular weight is 362 g/mol. The Labute approximate surface area is 145 Å². The number of benzene rings is 2. The molecule has 2 aromatic carbocycles. The fourth-order valence-electron chi connectivity index (χ4n) is 2.13. The van der Waals surface area contributed by atoms with E-state index in [9.17, 15) is 18.4 Å². The summed E-state index contributed by atoms with van der Waals surface area (Å²) < 4.78 is 30.6. The topological polar surface area (TPSA) is 95.3 Å². The number of rotatable bonds is 5. The highest BCUT2D eigenvalue weighted by Gasteiger charge is 2.13.